The Bertz CT molecular complexity index is 790. The van der Waals surface area contributed by atoms with E-state index in [1.807, 2.05) is 18.2 Å². The van der Waals surface area contributed by atoms with Gasteiger partial charge in [0.05, 0.1) is 0 Å². The molecule has 0 atom stereocenters. The van der Waals surface area contributed by atoms with E-state index >= 15 is 0 Å². The Balaban J connectivity index is 1.56. The average molecular weight is 329 g/mol. The van der Waals surface area contributed by atoms with Gasteiger partial charge in [-0.25, -0.2) is 4.79 Å². The number of nitrogens with zero attached hydrogens (tertiary/aromatic N) is 5. The van der Waals surface area contributed by atoms with Crippen molar-refractivity contribution in [2.75, 3.05) is 36.4 Å². The Morgan fingerprint density at radius 2 is 1.92 bits per heavy atom. The number of anilines is 2. The first-order valence-electron chi connectivity index (χ1n) is 8.08. The van der Waals surface area contributed by atoms with E-state index in [2.05, 4.69) is 20.3 Å². The third kappa shape index (κ3) is 2.72. The molecule has 0 aromatic carbocycles. The molecule has 2 fully saturated rings. The number of aromatic nitrogens is 3. The number of nitrogens with one attached hydrogen (secondary N) is 1. The van der Waals surface area contributed by atoms with Crippen LogP contribution in [-0.4, -0.2) is 57.6 Å². The lowest BCUT2D eigenvalue weighted by Crippen LogP contribution is -2.50. The molecule has 126 valence electrons. The van der Waals surface area contributed by atoms with Crippen LogP contribution in [-0.2, 0) is 4.79 Å². The van der Waals surface area contributed by atoms with Gasteiger partial charge < -0.3 is 15.5 Å². The smallest absolute Gasteiger partial charge is 0.314 e. The van der Waals surface area contributed by atoms with E-state index < -0.39 is 6.03 Å². The van der Waals surface area contributed by atoms with Gasteiger partial charge in [-0.1, -0.05) is 6.07 Å². The molecule has 4 rings (SSSR count). The topological polar surface area (TPSA) is 109 Å². The fourth-order valence-electron chi connectivity index (χ4n) is 2.90. The van der Waals surface area contributed by atoms with Crippen LogP contribution in [0.25, 0.3) is 5.65 Å². The molecule has 2 aromatic heterocycles. The molecule has 9 nitrogen and oxygen atoms in total. The molecule has 0 bridgehead atoms. The number of urea groups is 1. The SMILES string of the molecule is NC(=O)N1CCN(c2cccc3nc(NC(=O)C4CC4)nn23)CC1. The molecule has 1 aliphatic heterocycles. The highest BCUT2D eigenvalue weighted by Crippen LogP contribution is 2.30. The summed E-state index contributed by atoms with van der Waals surface area (Å²) in [7, 11) is 0. The van der Waals surface area contributed by atoms with Crippen LogP contribution in [0.5, 0.6) is 0 Å². The first kappa shape index (κ1) is 14.7. The van der Waals surface area contributed by atoms with E-state index in [1.54, 1.807) is 9.42 Å². The van der Waals surface area contributed by atoms with Crippen molar-refractivity contribution in [3.05, 3.63) is 18.2 Å². The largest absolute Gasteiger partial charge is 0.353 e. The Kier molecular flexibility index (Phi) is 3.47. The zero-order valence-electron chi connectivity index (χ0n) is 13.2. The molecule has 0 unspecified atom stereocenters. The van der Waals surface area contributed by atoms with E-state index in [0.717, 1.165) is 18.7 Å². The summed E-state index contributed by atoms with van der Waals surface area (Å²) >= 11 is 0. The van der Waals surface area contributed by atoms with Crippen LogP contribution in [0.15, 0.2) is 18.2 Å². The van der Waals surface area contributed by atoms with Crippen molar-refractivity contribution in [2.24, 2.45) is 11.7 Å². The molecule has 2 aliphatic rings. The van der Waals surface area contributed by atoms with Gasteiger partial charge in [-0.2, -0.15) is 9.50 Å². The van der Waals surface area contributed by atoms with Crippen LogP contribution in [0.3, 0.4) is 0 Å². The molecule has 1 saturated heterocycles. The predicted molar refractivity (Wildman–Crippen MR) is 87.7 cm³/mol. The van der Waals surface area contributed by atoms with Gasteiger partial charge in [0.15, 0.2) is 5.65 Å². The van der Waals surface area contributed by atoms with Crippen LogP contribution >= 0.6 is 0 Å². The third-order valence-corrected chi connectivity index (χ3v) is 4.44. The van der Waals surface area contributed by atoms with Gasteiger partial charge in [0.1, 0.15) is 5.82 Å². The first-order valence-corrected chi connectivity index (χ1v) is 8.08. The fourth-order valence-corrected chi connectivity index (χ4v) is 2.90. The first-order chi connectivity index (χ1) is 11.6. The van der Waals surface area contributed by atoms with Crippen LogP contribution in [0.1, 0.15) is 12.8 Å². The molecule has 24 heavy (non-hydrogen) atoms. The van der Waals surface area contributed by atoms with Crippen LogP contribution in [0, 0.1) is 5.92 Å². The second kappa shape index (κ2) is 5.66. The lowest BCUT2D eigenvalue weighted by atomic mass is 10.3. The maximum absolute atomic E-state index is 11.9. The fraction of sp³-hybridized carbons (Fsp3) is 0.467. The van der Waals surface area contributed by atoms with Crippen LogP contribution < -0.4 is 16.0 Å². The van der Waals surface area contributed by atoms with E-state index in [4.69, 9.17) is 5.73 Å². The van der Waals surface area contributed by atoms with Crippen molar-refractivity contribution >= 4 is 29.4 Å². The number of hydrogen-bond acceptors (Lipinski definition) is 5. The summed E-state index contributed by atoms with van der Waals surface area (Å²) in [5, 5.41) is 7.19. The number of nitrogens with two attached hydrogens (primary N) is 1. The van der Waals surface area contributed by atoms with Gasteiger partial charge in [0.2, 0.25) is 11.9 Å². The monoisotopic (exact) mass is 329 g/mol. The second-order valence-corrected chi connectivity index (χ2v) is 6.17. The van der Waals surface area contributed by atoms with Crippen molar-refractivity contribution in [3.8, 4) is 0 Å². The number of piperazine rings is 1. The van der Waals surface area contributed by atoms with Crippen molar-refractivity contribution in [3.63, 3.8) is 0 Å². The highest BCUT2D eigenvalue weighted by atomic mass is 16.2. The molecule has 3 heterocycles. The number of pyridine rings is 1. The molecule has 2 aromatic rings. The quantitative estimate of drug-likeness (QED) is 0.840. The highest BCUT2D eigenvalue weighted by Gasteiger charge is 2.30. The Labute approximate surface area is 138 Å². The number of fused-ring (bicyclic) bond motifs is 1. The predicted octanol–water partition coefficient (Wildman–Crippen LogP) is 0.278. The zero-order valence-corrected chi connectivity index (χ0v) is 13.2. The standard InChI is InChI=1S/C15H19N7O2/c16-14(24)21-8-6-20(7-9-21)12-3-1-2-11-17-15(19-22(11)12)18-13(23)10-4-5-10/h1-3,10H,4-9H2,(H2,16,24)(H,18,19,23). The molecular weight excluding hydrogens is 310 g/mol. The van der Waals surface area contributed by atoms with Gasteiger partial charge in [0, 0.05) is 32.1 Å². The molecule has 1 saturated carbocycles. The Hall–Kier alpha value is -2.84. The number of hydrogen-bond donors (Lipinski definition) is 2. The van der Waals surface area contributed by atoms with Gasteiger partial charge in [0.25, 0.3) is 0 Å². The van der Waals surface area contributed by atoms with Gasteiger partial charge in [-0.3, -0.25) is 10.1 Å². The number of carbonyl (C=O) groups is 2. The van der Waals surface area contributed by atoms with Gasteiger partial charge >= 0.3 is 6.03 Å². The summed E-state index contributed by atoms with van der Waals surface area (Å²) in [5.74, 6) is 1.31. The summed E-state index contributed by atoms with van der Waals surface area (Å²) in [6.45, 7) is 2.49. The minimum atomic E-state index is -0.390. The number of amides is 3. The number of rotatable bonds is 3. The highest BCUT2D eigenvalue weighted by molar-refractivity contribution is 5.92. The number of primary amides is 1. The molecule has 1 aliphatic carbocycles. The lowest BCUT2D eigenvalue weighted by molar-refractivity contribution is -0.117. The second-order valence-electron chi connectivity index (χ2n) is 6.17. The van der Waals surface area contributed by atoms with Crippen LogP contribution in [0.4, 0.5) is 16.6 Å². The lowest BCUT2D eigenvalue weighted by Gasteiger charge is -2.34. The van der Waals surface area contributed by atoms with E-state index in [1.165, 1.54) is 0 Å². The van der Waals surface area contributed by atoms with Gasteiger partial charge in [-0.15, -0.1) is 5.10 Å². The molecular formula is C15H19N7O2. The molecule has 3 amide bonds. The van der Waals surface area contributed by atoms with E-state index in [-0.39, 0.29) is 11.8 Å². The minimum absolute atomic E-state index is 0.0115. The van der Waals surface area contributed by atoms with Crippen molar-refractivity contribution in [1.29, 1.82) is 0 Å². The average Bonchev–Trinajstić information content (AvgIpc) is 3.35. The third-order valence-electron chi connectivity index (χ3n) is 4.44. The molecule has 0 radical (unpaired) electrons. The summed E-state index contributed by atoms with van der Waals surface area (Å²) in [6, 6.07) is 5.32. The summed E-state index contributed by atoms with van der Waals surface area (Å²) in [4.78, 5) is 31.2. The maximum Gasteiger partial charge on any atom is 0.314 e. The van der Waals surface area contributed by atoms with E-state index in [9.17, 15) is 9.59 Å². The number of carbonyl (C=O) groups excluding carboxylic acids is 2. The van der Waals surface area contributed by atoms with Crippen molar-refractivity contribution < 1.29 is 9.59 Å². The molecule has 9 heteroatoms. The van der Waals surface area contributed by atoms with Crippen molar-refractivity contribution in [2.45, 2.75) is 12.8 Å². The normalized spacial score (nSPS) is 18.0. The van der Waals surface area contributed by atoms with Crippen molar-refractivity contribution in [1.82, 2.24) is 19.5 Å². The van der Waals surface area contributed by atoms with Gasteiger partial charge in [-0.05, 0) is 25.0 Å². The minimum Gasteiger partial charge on any atom is -0.353 e. The zero-order chi connectivity index (χ0) is 16.7. The molecule has 0 spiro atoms. The maximum atomic E-state index is 11.9. The Morgan fingerprint density at radius 1 is 1.17 bits per heavy atom. The van der Waals surface area contributed by atoms with Crippen LogP contribution in [0.2, 0.25) is 0 Å². The molecule has 3 N–H and O–H groups in total. The Morgan fingerprint density at radius 3 is 2.58 bits per heavy atom. The summed E-state index contributed by atoms with van der Waals surface area (Å²) < 4.78 is 1.72. The van der Waals surface area contributed by atoms with E-state index in [0.29, 0.717) is 37.8 Å². The summed E-state index contributed by atoms with van der Waals surface area (Å²) in [5.41, 5.74) is 6.00. The summed E-state index contributed by atoms with van der Waals surface area (Å²) in [6.07, 6.45) is 1.88.